The van der Waals surface area contributed by atoms with E-state index in [-0.39, 0.29) is 6.04 Å². The zero-order chi connectivity index (χ0) is 11.5. The van der Waals surface area contributed by atoms with Crippen molar-refractivity contribution >= 4 is 11.6 Å². The lowest BCUT2D eigenvalue weighted by molar-refractivity contribution is 0.644. The first kappa shape index (κ1) is 11.2. The molecule has 1 unspecified atom stereocenters. The van der Waals surface area contributed by atoms with Crippen LogP contribution in [-0.2, 0) is 0 Å². The minimum Gasteiger partial charge on any atom is -0.313 e. The van der Waals surface area contributed by atoms with Crippen LogP contribution >= 0.6 is 11.6 Å². The summed E-state index contributed by atoms with van der Waals surface area (Å²) in [5.41, 5.74) is 2.25. The quantitative estimate of drug-likeness (QED) is 0.887. The lowest BCUT2D eigenvalue weighted by atomic mass is 10.1. The third kappa shape index (κ3) is 2.10. The van der Waals surface area contributed by atoms with Gasteiger partial charge in [-0.2, -0.15) is 5.10 Å². The van der Waals surface area contributed by atoms with Crippen LogP contribution in [0.3, 0.4) is 0 Å². The summed E-state index contributed by atoms with van der Waals surface area (Å²) in [4.78, 5) is 0. The smallest absolute Gasteiger partial charge is 0.0790 e. The van der Waals surface area contributed by atoms with Crippen LogP contribution in [-0.4, -0.2) is 16.8 Å². The first-order chi connectivity index (χ1) is 7.72. The SMILES string of the molecule is CNC(C)c1ccccc1-n1cc(Cl)cn1. The maximum atomic E-state index is 5.88. The van der Waals surface area contributed by atoms with Gasteiger partial charge in [-0.3, -0.25) is 0 Å². The van der Waals surface area contributed by atoms with Crippen LogP contribution in [0.15, 0.2) is 36.7 Å². The van der Waals surface area contributed by atoms with Crippen LogP contribution in [0, 0.1) is 0 Å². The van der Waals surface area contributed by atoms with Crippen molar-refractivity contribution in [3.63, 3.8) is 0 Å². The molecule has 16 heavy (non-hydrogen) atoms. The van der Waals surface area contributed by atoms with Crippen molar-refractivity contribution in [1.29, 1.82) is 0 Å². The number of hydrogen-bond acceptors (Lipinski definition) is 2. The van der Waals surface area contributed by atoms with Gasteiger partial charge in [-0.25, -0.2) is 4.68 Å². The van der Waals surface area contributed by atoms with E-state index in [9.17, 15) is 0 Å². The fourth-order valence-corrected chi connectivity index (χ4v) is 1.79. The van der Waals surface area contributed by atoms with E-state index < -0.39 is 0 Å². The predicted molar refractivity (Wildman–Crippen MR) is 66.0 cm³/mol. The first-order valence-corrected chi connectivity index (χ1v) is 5.57. The molecule has 1 aromatic heterocycles. The molecule has 2 rings (SSSR count). The topological polar surface area (TPSA) is 29.9 Å². The summed E-state index contributed by atoms with van der Waals surface area (Å²) >= 11 is 5.88. The van der Waals surface area contributed by atoms with E-state index >= 15 is 0 Å². The van der Waals surface area contributed by atoms with Crippen molar-refractivity contribution in [3.8, 4) is 5.69 Å². The molecule has 2 aromatic rings. The van der Waals surface area contributed by atoms with E-state index in [0.717, 1.165) is 5.69 Å². The molecule has 0 saturated carbocycles. The van der Waals surface area contributed by atoms with E-state index in [0.29, 0.717) is 5.02 Å². The highest BCUT2D eigenvalue weighted by atomic mass is 35.5. The van der Waals surface area contributed by atoms with Gasteiger partial charge in [0.2, 0.25) is 0 Å². The molecule has 0 fully saturated rings. The number of rotatable bonds is 3. The van der Waals surface area contributed by atoms with Gasteiger partial charge in [-0.15, -0.1) is 0 Å². The number of hydrogen-bond donors (Lipinski definition) is 1. The first-order valence-electron chi connectivity index (χ1n) is 5.19. The molecule has 1 atom stereocenters. The van der Waals surface area contributed by atoms with E-state index in [2.05, 4.69) is 23.4 Å². The van der Waals surface area contributed by atoms with Crippen LogP contribution < -0.4 is 5.32 Å². The Kier molecular flexibility index (Phi) is 3.27. The number of nitrogens with one attached hydrogen (secondary N) is 1. The van der Waals surface area contributed by atoms with Crippen molar-refractivity contribution < 1.29 is 0 Å². The van der Waals surface area contributed by atoms with Crippen LogP contribution in [0.1, 0.15) is 18.5 Å². The number of benzene rings is 1. The molecule has 0 amide bonds. The summed E-state index contributed by atoms with van der Waals surface area (Å²) in [5, 5.41) is 8.09. The zero-order valence-corrected chi connectivity index (χ0v) is 10.1. The average molecular weight is 236 g/mol. The van der Waals surface area contributed by atoms with E-state index in [1.807, 2.05) is 31.4 Å². The van der Waals surface area contributed by atoms with Crippen molar-refractivity contribution in [3.05, 3.63) is 47.2 Å². The number of aromatic nitrogens is 2. The summed E-state index contributed by atoms with van der Waals surface area (Å²) in [6.07, 6.45) is 3.45. The van der Waals surface area contributed by atoms with Gasteiger partial charge in [0.1, 0.15) is 0 Å². The second-order valence-electron chi connectivity index (χ2n) is 3.67. The summed E-state index contributed by atoms with van der Waals surface area (Å²) in [5.74, 6) is 0. The zero-order valence-electron chi connectivity index (χ0n) is 9.31. The van der Waals surface area contributed by atoms with E-state index in [1.54, 1.807) is 10.9 Å². The predicted octanol–water partition coefficient (Wildman–Crippen LogP) is 2.81. The van der Waals surface area contributed by atoms with Crippen molar-refractivity contribution in [1.82, 2.24) is 15.1 Å². The standard InChI is InChI=1S/C12H14ClN3/c1-9(14-2)11-5-3-4-6-12(11)16-8-10(13)7-15-16/h3-9,14H,1-2H3. The van der Waals surface area contributed by atoms with Gasteiger partial charge in [-0.1, -0.05) is 29.8 Å². The number of para-hydroxylation sites is 1. The third-order valence-corrected chi connectivity index (χ3v) is 2.83. The van der Waals surface area contributed by atoms with Gasteiger partial charge in [0.25, 0.3) is 0 Å². The van der Waals surface area contributed by atoms with E-state index in [1.165, 1.54) is 5.56 Å². The molecule has 1 heterocycles. The summed E-state index contributed by atoms with van der Waals surface area (Å²) in [6, 6.07) is 8.42. The Morgan fingerprint density at radius 2 is 2.12 bits per heavy atom. The molecule has 0 radical (unpaired) electrons. The maximum absolute atomic E-state index is 5.88. The van der Waals surface area contributed by atoms with Crippen molar-refractivity contribution in [2.45, 2.75) is 13.0 Å². The molecular weight excluding hydrogens is 222 g/mol. The molecule has 0 aliphatic heterocycles. The Bertz CT molecular complexity index is 479. The van der Waals surface area contributed by atoms with Gasteiger partial charge in [0.15, 0.2) is 0 Å². The second-order valence-corrected chi connectivity index (χ2v) is 4.11. The highest BCUT2D eigenvalue weighted by molar-refractivity contribution is 6.30. The Balaban J connectivity index is 2.48. The largest absolute Gasteiger partial charge is 0.313 e. The van der Waals surface area contributed by atoms with Gasteiger partial charge in [-0.05, 0) is 25.6 Å². The van der Waals surface area contributed by atoms with Gasteiger partial charge in [0.05, 0.1) is 16.9 Å². The van der Waals surface area contributed by atoms with Crippen molar-refractivity contribution in [2.24, 2.45) is 0 Å². The average Bonchev–Trinajstić information content (AvgIpc) is 2.75. The highest BCUT2D eigenvalue weighted by Gasteiger charge is 2.10. The van der Waals surface area contributed by atoms with Crippen LogP contribution in [0.5, 0.6) is 0 Å². The third-order valence-electron chi connectivity index (χ3n) is 2.63. The van der Waals surface area contributed by atoms with Crippen LogP contribution in [0.4, 0.5) is 0 Å². The second kappa shape index (κ2) is 4.68. The molecule has 1 aromatic carbocycles. The summed E-state index contributed by atoms with van der Waals surface area (Å²) < 4.78 is 1.80. The number of halogens is 1. The maximum Gasteiger partial charge on any atom is 0.0790 e. The molecule has 0 saturated heterocycles. The van der Waals surface area contributed by atoms with Gasteiger partial charge < -0.3 is 5.32 Å². The summed E-state index contributed by atoms with van der Waals surface area (Å²) in [7, 11) is 1.94. The Hall–Kier alpha value is -1.32. The lowest BCUT2D eigenvalue weighted by Crippen LogP contribution is -2.15. The van der Waals surface area contributed by atoms with Crippen molar-refractivity contribution in [2.75, 3.05) is 7.05 Å². The molecule has 1 N–H and O–H groups in total. The molecule has 0 spiro atoms. The lowest BCUT2D eigenvalue weighted by Gasteiger charge is -2.15. The molecule has 4 heteroatoms. The molecular formula is C12H14ClN3. The normalized spacial score (nSPS) is 12.7. The fourth-order valence-electron chi connectivity index (χ4n) is 1.65. The van der Waals surface area contributed by atoms with E-state index in [4.69, 9.17) is 11.6 Å². The Morgan fingerprint density at radius 1 is 1.38 bits per heavy atom. The molecule has 0 bridgehead atoms. The summed E-state index contributed by atoms with van der Waals surface area (Å²) in [6.45, 7) is 2.12. The monoisotopic (exact) mass is 235 g/mol. The molecule has 84 valence electrons. The Morgan fingerprint density at radius 3 is 2.75 bits per heavy atom. The molecule has 0 aliphatic rings. The van der Waals surface area contributed by atoms with Crippen LogP contribution in [0.25, 0.3) is 5.69 Å². The minimum atomic E-state index is 0.277. The minimum absolute atomic E-state index is 0.277. The molecule has 3 nitrogen and oxygen atoms in total. The Labute approximate surface area is 100 Å². The van der Waals surface area contributed by atoms with Crippen LogP contribution in [0.2, 0.25) is 5.02 Å². The molecule has 0 aliphatic carbocycles. The number of nitrogens with zero attached hydrogens (tertiary/aromatic N) is 2. The van der Waals surface area contributed by atoms with Gasteiger partial charge >= 0.3 is 0 Å². The van der Waals surface area contributed by atoms with Gasteiger partial charge in [0, 0.05) is 12.2 Å². The highest BCUT2D eigenvalue weighted by Crippen LogP contribution is 2.21. The fraction of sp³-hybridized carbons (Fsp3) is 0.250.